The number of hydrogen-bond acceptors (Lipinski definition) is 8. The normalized spacial score (nSPS) is 13.8. The molecular weight excluding hydrogens is 1200 g/mol. The van der Waals surface area contributed by atoms with Crippen LogP contribution in [0.25, 0.3) is 0 Å². The van der Waals surface area contributed by atoms with Gasteiger partial charge in [-0.3, -0.25) is 9.59 Å². The lowest BCUT2D eigenvalue weighted by Gasteiger charge is -2.26. The highest BCUT2D eigenvalue weighted by molar-refractivity contribution is 5.70. The molecule has 0 N–H and O–H groups in total. The van der Waals surface area contributed by atoms with Gasteiger partial charge in [-0.25, -0.2) is 0 Å². The van der Waals surface area contributed by atoms with E-state index in [9.17, 15) is 19.5 Å². The second-order valence-electron chi connectivity index (χ2n) is 26.2. The highest BCUT2D eigenvalue weighted by atomic mass is 16.7. The molecule has 0 aliphatic carbocycles. The molecule has 0 aliphatic rings. The first-order chi connectivity index (χ1) is 47.6. The van der Waals surface area contributed by atoms with Crippen LogP contribution in [0.4, 0.5) is 0 Å². The summed E-state index contributed by atoms with van der Waals surface area (Å²) in [5.74, 6) is -2.32. The Kier molecular flexibility index (Phi) is 71.3. The summed E-state index contributed by atoms with van der Waals surface area (Å²) in [7, 11) is 5.92. The summed E-state index contributed by atoms with van der Waals surface area (Å²) in [5.41, 5.74) is 0. The summed E-state index contributed by atoms with van der Waals surface area (Å²) >= 11 is 0. The first kappa shape index (κ1) is 91.1. The van der Waals surface area contributed by atoms with E-state index < -0.39 is 24.3 Å². The van der Waals surface area contributed by atoms with E-state index in [1.54, 1.807) is 0 Å². The molecule has 0 rings (SSSR count). The molecule has 546 valence electrons. The van der Waals surface area contributed by atoms with Crippen LogP contribution in [0, 0.1) is 0 Å². The number of likely N-dealkylation sites (N-methyl/N-ethyl adjacent to an activating group) is 1. The SMILES string of the molecule is CC/C=C\C/C=C\C/C=C\C/C=C\C/C=C\C/C=C\C/C=C\C/C=C\C/C=C\C/C=C\C/C=C\CCCCCCCC(=O)OC(COC(=O)CCCCCCCCCCCCCCCCCCC/C=C\C/C=C\C/C=C\C/C=C\C/C=C\CC)COC(OCC[N+](C)(C)C)C(=O)[O-]. The Morgan fingerprint density at radius 3 is 0.825 bits per heavy atom. The van der Waals surface area contributed by atoms with Crippen molar-refractivity contribution in [1.29, 1.82) is 0 Å². The minimum atomic E-state index is -1.64. The Hall–Kier alpha value is -5.87. The zero-order chi connectivity index (χ0) is 70.4. The molecule has 0 fully saturated rings. The largest absolute Gasteiger partial charge is 0.545 e. The predicted octanol–water partition coefficient (Wildman–Crippen LogP) is 23.6. The van der Waals surface area contributed by atoms with E-state index in [1.165, 1.54) is 96.3 Å². The zero-order valence-electron chi connectivity index (χ0n) is 62.4. The van der Waals surface area contributed by atoms with E-state index in [4.69, 9.17) is 18.9 Å². The summed E-state index contributed by atoms with van der Waals surface area (Å²) < 4.78 is 22.8. The quantitative estimate of drug-likeness (QED) is 0.0195. The molecule has 97 heavy (non-hydrogen) atoms. The smallest absolute Gasteiger partial charge is 0.306 e. The Morgan fingerprint density at radius 2 is 0.557 bits per heavy atom. The number of carboxylic acids is 1. The summed E-state index contributed by atoms with van der Waals surface area (Å²) in [5, 5.41) is 11.9. The average Bonchev–Trinajstić information content (AvgIpc) is 2.39. The molecule has 0 aromatic heterocycles. The monoisotopic (exact) mass is 1340 g/mol. The highest BCUT2D eigenvalue weighted by Crippen LogP contribution is 2.17. The van der Waals surface area contributed by atoms with Gasteiger partial charge in [0.05, 0.1) is 40.3 Å². The summed E-state index contributed by atoms with van der Waals surface area (Å²) in [6.07, 6.45) is 114. The fourth-order valence-corrected chi connectivity index (χ4v) is 10.0. The van der Waals surface area contributed by atoms with Crippen molar-refractivity contribution in [2.24, 2.45) is 0 Å². The van der Waals surface area contributed by atoms with Gasteiger partial charge in [-0.05, 0) is 141 Å². The van der Waals surface area contributed by atoms with Crippen molar-refractivity contribution >= 4 is 17.9 Å². The number of aliphatic carboxylic acids is 1. The van der Waals surface area contributed by atoms with Crippen LogP contribution in [0.2, 0.25) is 0 Å². The van der Waals surface area contributed by atoms with Gasteiger partial charge in [0.15, 0.2) is 12.4 Å². The second-order valence-corrected chi connectivity index (χ2v) is 26.2. The Bertz CT molecular complexity index is 2310. The molecule has 0 saturated heterocycles. The van der Waals surface area contributed by atoms with Crippen molar-refractivity contribution < 1.29 is 42.9 Å². The summed E-state index contributed by atoms with van der Waals surface area (Å²) in [6.45, 7) is 4.49. The van der Waals surface area contributed by atoms with Crippen LogP contribution in [0.3, 0.4) is 0 Å². The standard InChI is InChI=1S/C88H141NO8/c1-6-8-10-12-14-16-18-20-22-24-26-28-30-32-34-36-38-40-41-42-43-44-45-47-49-51-53-55-57-59-61-63-65-67-69-71-73-75-77-79-86(91)97-84(83-96-88(87(92)93)94-81-80-89(3,4)5)82-95-85(90)78-76-74-72-70-68-66-64-62-60-58-56-54-52-50-48-46-39-37-35-33-31-29-27-25-23-21-19-17-15-13-11-9-7-2/h8-11,14-17,20-23,26-29,32-35,38,40,42-43,45,47,51,53,57,59,63,65,84,88H,6-7,12-13,18-19,24-25,30-31,36-37,39,41,44,46,48-50,52,54-56,58,60-62,64,66-83H2,1-5H3/b10-8-,11-9-,16-14-,17-15-,22-20-,23-21-,28-26-,29-27-,34-32-,35-33-,40-38-,43-42-,47-45-,53-51-,59-57-,65-63-. The fourth-order valence-electron chi connectivity index (χ4n) is 10.0. The highest BCUT2D eigenvalue weighted by Gasteiger charge is 2.22. The molecule has 0 amide bonds. The number of quaternary nitrogens is 1. The first-order valence-corrected chi connectivity index (χ1v) is 38.6. The molecular formula is C88H141NO8. The molecule has 0 radical (unpaired) electrons. The molecule has 0 heterocycles. The van der Waals surface area contributed by atoms with Crippen molar-refractivity contribution in [2.45, 2.75) is 296 Å². The zero-order valence-corrected chi connectivity index (χ0v) is 62.4. The van der Waals surface area contributed by atoms with Gasteiger partial charge in [0.2, 0.25) is 0 Å². The maximum absolute atomic E-state index is 13.0. The number of ether oxygens (including phenoxy) is 4. The molecule has 0 aromatic rings. The van der Waals surface area contributed by atoms with E-state index in [0.717, 1.165) is 154 Å². The lowest BCUT2D eigenvalue weighted by molar-refractivity contribution is -0.870. The molecule has 0 saturated carbocycles. The van der Waals surface area contributed by atoms with Crippen LogP contribution >= 0.6 is 0 Å². The number of allylic oxidation sites excluding steroid dienone is 32. The number of unbranched alkanes of at least 4 members (excludes halogenated alkanes) is 22. The average molecular weight is 1340 g/mol. The number of esters is 2. The van der Waals surface area contributed by atoms with Gasteiger partial charge in [0.1, 0.15) is 13.2 Å². The first-order valence-electron chi connectivity index (χ1n) is 38.6. The van der Waals surface area contributed by atoms with E-state index in [2.05, 4.69) is 208 Å². The molecule has 0 bridgehead atoms. The van der Waals surface area contributed by atoms with Crippen molar-refractivity contribution in [3.8, 4) is 0 Å². The van der Waals surface area contributed by atoms with Gasteiger partial charge in [0.25, 0.3) is 0 Å². The predicted molar refractivity (Wildman–Crippen MR) is 416 cm³/mol. The number of carbonyl (C=O) groups is 3. The minimum Gasteiger partial charge on any atom is -0.545 e. The molecule has 2 atom stereocenters. The Morgan fingerprint density at radius 1 is 0.309 bits per heavy atom. The van der Waals surface area contributed by atoms with Gasteiger partial charge >= 0.3 is 11.9 Å². The Balaban J connectivity index is 4.17. The van der Waals surface area contributed by atoms with Crippen LogP contribution in [-0.2, 0) is 33.3 Å². The molecule has 0 aromatic carbocycles. The number of nitrogens with zero attached hydrogens (tertiary/aromatic N) is 1. The number of carboxylic acid groups (broad SMARTS) is 1. The molecule has 0 spiro atoms. The van der Waals surface area contributed by atoms with E-state index >= 15 is 0 Å². The van der Waals surface area contributed by atoms with Crippen molar-refractivity contribution in [1.82, 2.24) is 0 Å². The topological polar surface area (TPSA) is 111 Å². The van der Waals surface area contributed by atoms with Crippen molar-refractivity contribution in [3.05, 3.63) is 194 Å². The molecule has 0 aliphatic heterocycles. The Labute approximate surface area is 595 Å². The maximum atomic E-state index is 13.0. The van der Waals surface area contributed by atoms with Crippen molar-refractivity contribution in [2.75, 3.05) is 47.5 Å². The number of hydrogen-bond donors (Lipinski definition) is 0. The maximum Gasteiger partial charge on any atom is 0.306 e. The third-order valence-electron chi connectivity index (χ3n) is 15.8. The van der Waals surface area contributed by atoms with Crippen LogP contribution in [-0.4, -0.2) is 82.3 Å². The van der Waals surface area contributed by atoms with Gasteiger partial charge in [0, 0.05) is 12.8 Å². The lowest BCUT2D eigenvalue weighted by Crippen LogP contribution is -2.44. The van der Waals surface area contributed by atoms with Crippen LogP contribution in [0.1, 0.15) is 284 Å². The third kappa shape index (κ3) is 77.4. The third-order valence-corrected chi connectivity index (χ3v) is 15.8. The fraction of sp³-hybridized carbons (Fsp3) is 0.602. The van der Waals surface area contributed by atoms with E-state index in [0.29, 0.717) is 17.4 Å². The molecule has 2 unspecified atom stereocenters. The van der Waals surface area contributed by atoms with Crippen molar-refractivity contribution in [3.63, 3.8) is 0 Å². The second kappa shape index (κ2) is 75.9. The van der Waals surface area contributed by atoms with E-state index in [1.807, 2.05) is 21.1 Å². The number of rotatable bonds is 69. The van der Waals surface area contributed by atoms with Crippen LogP contribution < -0.4 is 5.11 Å². The van der Waals surface area contributed by atoms with Gasteiger partial charge in [-0.2, -0.15) is 0 Å². The summed E-state index contributed by atoms with van der Waals surface area (Å²) in [4.78, 5) is 37.6. The molecule has 9 nitrogen and oxygen atoms in total. The van der Waals surface area contributed by atoms with Gasteiger partial charge in [-0.15, -0.1) is 0 Å². The van der Waals surface area contributed by atoms with Crippen LogP contribution in [0.15, 0.2) is 194 Å². The minimum absolute atomic E-state index is 0.135. The number of carbonyl (C=O) groups excluding carboxylic acids is 3. The van der Waals surface area contributed by atoms with Gasteiger partial charge < -0.3 is 33.3 Å². The van der Waals surface area contributed by atoms with Crippen LogP contribution in [0.5, 0.6) is 0 Å². The molecule has 9 heteroatoms. The van der Waals surface area contributed by atoms with E-state index in [-0.39, 0.29) is 38.6 Å². The summed E-state index contributed by atoms with van der Waals surface area (Å²) in [6, 6.07) is 0. The lowest BCUT2D eigenvalue weighted by atomic mass is 10.0. The van der Waals surface area contributed by atoms with Gasteiger partial charge in [-0.1, -0.05) is 324 Å².